The number of imidazole rings is 1. The number of hydrogen-bond acceptors (Lipinski definition) is 4. The lowest BCUT2D eigenvalue weighted by atomic mass is 10.5. The average molecular weight is 235 g/mol. The molecule has 0 bridgehead atoms. The summed E-state index contributed by atoms with van der Waals surface area (Å²) in [6, 6.07) is 0. The summed E-state index contributed by atoms with van der Waals surface area (Å²) in [4.78, 5) is 16.9. The molecule has 82 valence electrons. The van der Waals surface area contributed by atoms with Crippen LogP contribution < -0.4 is 5.69 Å². The van der Waals surface area contributed by atoms with Gasteiger partial charge in [-0.15, -0.1) is 11.3 Å². The highest BCUT2D eigenvalue weighted by Crippen LogP contribution is 2.11. The van der Waals surface area contributed by atoms with E-state index in [1.165, 1.54) is 15.6 Å². The summed E-state index contributed by atoms with van der Waals surface area (Å²) in [6.07, 6.45) is 5.35. The van der Waals surface area contributed by atoms with Gasteiger partial charge in [0.05, 0.1) is 12.2 Å². The molecule has 0 aromatic carbocycles. The molecule has 3 aromatic rings. The number of nitrogens with zero attached hydrogens (tertiary/aromatic N) is 5. The summed E-state index contributed by atoms with van der Waals surface area (Å²) in [5.41, 5.74) is 0.712. The first-order valence-electron chi connectivity index (χ1n) is 4.73. The van der Waals surface area contributed by atoms with Crippen LogP contribution in [0.25, 0.3) is 4.96 Å². The topological polar surface area (TPSA) is 57.1 Å². The fourth-order valence-corrected chi connectivity index (χ4v) is 2.25. The standard InChI is InChI=1S/C9H9N5OS/c1-12-6-10-14(9(12)15)5-7-4-13-2-3-16-8(13)11-7/h2-4,6H,5H2,1H3. The van der Waals surface area contributed by atoms with Crippen molar-refractivity contribution in [3.8, 4) is 0 Å². The van der Waals surface area contributed by atoms with Crippen molar-refractivity contribution in [3.05, 3.63) is 40.3 Å². The molecule has 0 N–H and O–H groups in total. The van der Waals surface area contributed by atoms with Crippen LogP contribution in [0.4, 0.5) is 0 Å². The molecule has 0 saturated heterocycles. The third-order valence-electron chi connectivity index (χ3n) is 2.34. The highest BCUT2D eigenvalue weighted by molar-refractivity contribution is 7.15. The second-order valence-electron chi connectivity index (χ2n) is 3.51. The van der Waals surface area contributed by atoms with Gasteiger partial charge < -0.3 is 0 Å². The lowest BCUT2D eigenvalue weighted by molar-refractivity contribution is 0.638. The van der Waals surface area contributed by atoms with E-state index in [0.29, 0.717) is 6.54 Å². The fourth-order valence-electron chi connectivity index (χ4n) is 1.53. The van der Waals surface area contributed by atoms with Gasteiger partial charge in [0.2, 0.25) is 0 Å². The van der Waals surface area contributed by atoms with E-state index < -0.39 is 0 Å². The SMILES string of the molecule is Cn1cnn(Cc2cn3ccsc3n2)c1=O. The molecule has 0 saturated carbocycles. The molecule has 3 rings (SSSR count). The third kappa shape index (κ3) is 1.36. The van der Waals surface area contributed by atoms with E-state index in [4.69, 9.17) is 0 Å². The molecule has 0 aliphatic heterocycles. The average Bonchev–Trinajstić information content (AvgIpc) is 2.88. The molecule has 0 aliphatic carbocycles. The molecule has 0 spiro atoms. The molecule has 0 amide bonds. The smallest absolute Gasteiger partial charge is 0.297 e. The minimum Gasteiger partial charge on any atom is -0.297 e. The number of aryl methyl sites for hydroxylation is 1. The first-order chi connectivity index (χ1) is 7.74. The van der Waals surface area contributed by atoms with Gasteiger partial charge in [-0.2, -0.15) is 5.10 Å². The van der Waals surface area contributed by atoms with Crippen molar-refractivity contribution in [2.75, 3.05) is 0 Å². The highest BCUT2D eigenvalue weighted by atomic mass is 32.1. The van der Waals surface area contributed by atoms with Crippen molar-refractivity contribution in [1.29, 1.82) is 0 Å². The van der Waals surface area contributed by atoms with Crippen LogP contribution in [0.1, 0.15) is 5.69 Å². The van der Waals surface area contributed by atoms with Crippen molar-refractivity contribution >= 4 is 16.3 Å². The minimum atomic E-state index is -0.128. The Morgan fingerprint density at radius 1 is 1.50 bits per heavy atom. The number of rotatable bonds is 2. The third-order valence-corrected chi connectivity index (χ3v) is 3.11. The highest BCUT2D eigenvalue weighted by Gasteiger charge is 2.06. The van der Waals surface area contributed by atoms with E-state index in [9.17, 15) is 4.79 Å². The number of hydrogen-bond donors (Lipinski definition) is 0. The van der Waals surface area contributed by atoms with Crippen LogP contribution in [0.2, 0.25) is 0 Å². The second-order valence-corrected chi connectivity index (χ2v) is 4.38. The first kappa shape index (κ1) is 9.34. The van der Waals surface area contributed by atoms with Gasteiger partial charge in [-0.3, -0.25) is 8.97 Å². The fraction of sp³-hybridized carbons (Fsp3) is 0.222. The van der Waals surface area contributed by atoms with Crippen LogP contribution in [-0.2, 0) is 13.6 Å². The predicted molar refractivity (Wildman–Crippen MR) is 59.6 cm³/mol. The van der Waals surface area contributed by atoms with E-state index in [2.05, 4.69) is 10.1 Å². The van der Waals surface area contributed by atoms with Gasteiger partial charge in [0.1, 0.15) is 6.33 Å². The van der Waals surface area contributed by atoms with Crippen molar-refractivity contribution in [3.63, 3.8) is 0 Å². The van der Waals surface area contributed by atoms with Crippen LogP contribution in [-0.4, -0.2) is 23.7 Å². The zero-order valence-corrected chi connectivity index (χ0v) is 9.39. The zero-order valence-electron chi connectivity index (χ0n) is 8.57. The Morgan fingerprint density at radius 2 is 2.38 bits per heavy atom. The van der Waals surface area contributed by atoms with Gasteiger partial charge in [-0.1, -0.05) is 0 Å². The van der Waals surface area contributed by atoms with Crippen molar-refractivity contribution in [1.82, 2.24) is 23.7 Å². The van der Waals surface area contributed by atoms with E-state index >= 15 is 0 Å². The molecule has 7 heteroatoms. The zero-order chi connectivity index (χ0) is 11.1. The number of thiazole rings is 1. The molecule has 6 nitrogen and oxygen atoms in total. The van der Waals surface area contributed by atoms with Gasteiger partial charge >= 0.3 is 5.69 Å². The lowest BCUT2D eigenvalue weighted by Gasteiger charge is -1.93. The quantitative estimate of drug-likeness (QED) is 0.643. The van der Waals surface area contributed by atoms with E-state index in [1.54, 1.807) is 18.4 Å². The summed E-state index contributed by atoms with van der Waals surface area (Å²) in [7, 11) is 1.68. The Labute approximate surface area is 94.4 Å². The van der Waals surface area contributed by atoms with Crippen molar-refractivity contribution in [2.45, 2.75) is 6.54 Å². The predicted octanol–water partition coefficient (Wildman–Crippen LogP) is 0.339. The summed E-state index contributed by atoms with van der Waals surface area (Å²) in [6.45, 7) is 0.411. The molecule has 0 atom stereocenters. The summed E-state index contributed by atoms with van der Waals surface area (Å²) in [5.74, 6) is 0. The van der Waals surface area contributed by atoms with Crippen LogP contribution in [0.15, 0.2) is 28.9 Å². The van der Waals surface area contributed by atoms with E-state index in [-0.39, 0.29) is 5.69 Å². The molecule has 0 aliphatic rings. The van der Waals surface area contributed by atoms with Gasteiger partial charge in [0, 0.05) is 24.8 Å². The van der Waals surface area contributed by atoms with E-state index in [0.717, 1.165) is 10.7 Å². The second kappa shape index (κ2) is 3.31. The number of aromatic nitrogens is 5. The Bertz CT molecular complexity index is 659. The molecule has 3 aromatic heterocycles. The van der Waals surface area contributed by atoms with Gasteiger partial charge in [-0.05, 0) is 0 Å². The Morgan fingerprint density at radius 3 is 3.06 bits per heavy atom. The van der Waals surface area contributed by atoms with Gasteiger partial charge in [-0.25, -0.2) is 14.5 Å². The summed E-state index contributed by atoms with van der Waals surface area (Å²) in [5, 5.41) is 5.96. The molecule has 0 unspecified atom stereocenters. The van der Waals surface area contributed by atoms with Gasteiger partial charge in [0.15, 0.2) is 4.96 Å². The Balaban J connectivity index is 1.98. The normalized spacial score (nSPS) is 11.3. The Kier molecular flexibility index (Phi) is 1.93. The van der Waals surface area contributed by atoms with Crippen LogP contribution in [0, 0.1) is 0 Å². The molecule has 16 heavy (non-hydrogen) atoms. The minimum absolute atomic E-state index is 0.128. The van der Waals surface area contributed by atoms with Crippen molar-refractivity contribution in [2.24, 2.45) is 7.05 Å². The van der Waals surface area contributed by atoms with Crippen LogP contribution in [0.3, 0.4) is 0 Å². The molecular weight excluding hydrogens is 226 g/mol. The maximum absolute atomic E-state index is 11.6. The van der Waals surface area contributed by atoms with Crippen LogP contribution in [0.5, 0.6) is 0 Å². The first-order valence-corrected chi connectivity index (χ1v) is 5.61. The van der Waals surface area contributed by atoms with Crippen LogP contribution >= 0.6 is 11.3 Å². The molecule has 0 fully saturated rings. The summed E-state index contributed by atoms with van der Waals surface area (Å²) < 4.78 is 4.78. The van der Waals surface area contributed by atoms with Gasteiger partial charge in [0.25, 0.3) is 0 Å². The maximum Gasteiger partial charge on any atom is 0.345 e. The Hall–Kier alpha value is -1.89. The summed E-state index contributed by atoms with van der Waals surface area (Å²) >= 11 is 1.57. The largest absolute Gasteiger partial charge is 0.345 e. The maximum atomic E-state index is 11.6. The molecule has 0 radical (unpaired) electrons. The monoisotopic (exact) mass is 235 g/mol. The van der Waals surface area contributed by atoms with Crippen molar-refractivity contribution < 1.29 is 0 Å². The van der Waals surface area contributed by atoms with E-state index in [1.807, 2.05) is 22.2 Å². The lowest BCUT2D eigenvalue weighted by Crippen LogP contribution is -2.23. The molecular formula is C9H9N5OS. The molecule has 3 heterocycles. The number of fused-ring (bicyclic) bond motifs is 1.